The lowest BCUT2D eigenvalue weighted by molar-refractivity contribution is -0.132. The van der Waals surface area contributed by atoms with Crippen LogP contribution in [0.25, 0.3) is 11.2 Å². The van der Waals surface area contributed by atoms with Crippen molar-refractivity contribution < 1.29 is 4.79 Å². The molecule has 1 aliphatic heterocycles. The third-order valence-electron chi connectivity index (χ3n) is 7.25. The van der Waals surface area contributed by atoms with Crippen LogP contribution in [-0.4, -0.2) is 48.9 Å². The molecule has 1 fully saturated rings. The molecule has 192 valence electrons. The zero-order valence-corrected chi connectivity index (χ0v) is 21.8. The Balaban J connectivity index is 1.26. The van der Waals surface area contributed by atoms with E-state index in [0.717, 1.165) is 24.8 Å². The van der Waals surface area contributed by atoms with Crippen molar-refractivity contribution in [1.82, 2.24) is 29.9 Å². The van der Waals surface area contributed by atoms with E-state index in [1.807, 2.05) is 23.1 Å². The number of hydrogen-bond acceptors (Lipinski definition) is 5. The number of likely N-dealkylation sites (tertiary alicyclic amines) is 1. The van der Waals surface area contributed by atoms with Gasteiger partial charge >= 0.3 is 0 Å². The number of amides is 1. The number of H-pyrrole nitrogens is 1. The Bertz CT molecular complexity index is 1430. The van der Waals surface area contributed by atoms with Crippen LogP contribution in [0.15, 0.2) is 59.4 Å². The van der Waals surface area contributed by atoms with Gasteiger partial charge in [0.15, 0.2) is 11.2 Å². The minimum absolute atomic E-state index is 0.0876. The number of nitrogens with zero attached hydrogens (tertiary/aromatic N) is 5. The van der Waals surface area contributed by atoms with Crippen molar-refractivity contribution in [2.24, 2.45) is 0 Å². The molecule has 5 rings (SSSR count). The first-order chi connectivity index (χ1) is 17.8. The number of benzene rings is 2. The molecule has 1 N–H and O–H groups in total. The molecular weight excluding hydrogens is 464 g/mol. The third-order valence-corrected chi connectivity index (χ3v) is 7.25. The van der Waals surface area contributed by atoms with Crippen LogP contribution in [0.5, 0.6) is 0 Å². The van der Waals surface area contributed by atoms with E-state index in [2.05, 4.69) is 72.5 Å². The van der Waals surface area contributed by atoms with Gasteiger partial charge in [-0.15, -0.1) is 5.10 Å². The summed E-state index contributed by atoms with van der Waals surface area (Å²) in [5.74, 6) is 0.921. The number of nitrogens with one attached hydrogen (secondary N) is 1. The summed E-state index contributed by atoms with van der Waals surface area (Å²) in [6.07, 6.45) is 2.79. The molecule has 1 amide bonds. The normalized spacial score (nSPS) is 14.8. The smallest absolute Gasteiger partial charge is 0.281 e. The van der Waals surface area contributed by atoms with Crippen LogP contribution >= 0.6 is 0 Å². The van der Waals surface area contributed by atoms with Gasteiger partial charge in [0, 0.05) is 25.4 Å². The Morgan fingerprint density at radius 3 is 2.38 bits per heavy atom. The van der Waals surface area contributed by atoms with Crippen molar-refractivity contribution in [3.63, 3.8) is 0 Å². The number of aromatic amines is 1. The predicted molar refractivity (Wildman–Crippen MR) is 144 cm³/mol. The first-order valence-electron chi connectivity index (χ1n) is 13.0. The lowest BCUT2D eigenvalue weighted by Crippen LogP contribution is -2.38. The van der Waals surface area contributed by atoms with Crippen molar-refractivity contribution in [1.29, 1.82) is 0 Å². The summed E-state index contributed by atoms with van der Waals surface area (Å²) in [7, 11) is 0. The van der Waals surface area contributed by atoms with Crippen LogP contribution in [-0.2, 0) is 23.2 Å². The van der Waals surface area contributed by atoms with E-state index in [1.54, 1.807) is 4.68 Å². The van der Waals surface area contributed by atoms with Crippen LogP contribution in [0.3, 0.4) is 0 Å². The second kappa shape index (κ2) is 10.3. The van der Waals surface area contributed by atoms with Gasteiger partial charge in [0.25, 0.3) is 5.56 Å². The molecule has 0 spiro atoms. The van der Waals surface area contributed by atoms with Gasteiger partial charge in [0.1, 0.15) is 5.82 Å². The second-order valence-electron chi connectivity index (χ2n) is 11.0. The van der Waals surface area contributed by atoms with Gasteiger partial charge < -0.3 is 9.88 Å². The standard InChI is InChI=1S/C29H34N6O2/c1-29(2,3)23-12-9-21(10-13-23)19-35-27-25(32-33-35)28(37)31-26(30-27)22-15-17-34(18-16-22)24(36)14-11-20-7-5-4-6-8-20/h4-10,12-13,22H,11,14-19H2,1-3H3,(H,30,31,37). The number of carbonyl (C=O) groups excluding carboxylic acids is 1. The third kappa shape index (κ3) is 5.63. The molecule has 1 saturated heterocycles. The Kier molecular flexibility index (Phi) is 6.91. The van der Waals surface area contributed by atoms with Crippen LogP contribution in [0.1, 0.15) is 68.5 Å². The maximum atomic E-state index is 12.8. The summed E-state index contributed by atoms with van der Waals surface area (Å²) in [5.41, 5.74) is 4.09. The molecule has 0 radical (unpaired) electrons. The molecule has 37 heavy (non-hydrogen) atoms. The fraction of sp³-hybridized carbons (Fsp3) is 0.414. The maximum Gasteiger partial charge on any atom is 0.281 e. The molecular formula is C29H34N6O2. The second-order valence-corrected chi connectivity index (χ2v) is 11.0. The Morgan fingerprint density at radius 1 is 1.00 bits per heavy atom. The predicted octanol–water partition coefficient (Wildman–Crippen LogP) is 4.20. The highest BCUT2D eigenvalue weighted by Gasteiger charge is 2.26. The highest BCUT2D eigenvalue weighted by Crippen LogP contribution is 2.26. The molecule has 0 atom stereocenters. The fourth-order valence-corrected chi connectivity index (χ4v) is 4.92. The molecule has 0 bridgehead atoms. The molecule has 2 aromatic carbocycles. The van der Waals surface area contributed by atoms with E-state index < -0.39 is 0 Å². The van der Waals surface area contributed by atoms with E-state index in [0.29, 0.717) is 37.5 Å². The van der Waals surface area contributed by atoms with E-state index in [1.165, 1.54) is 11.1 Å². The van der Waals surface area contributed by atoms with Crippen molar-refractivity contribution in [3.05, 3.63) is 87.5 Å². The summed E-state index contributed by atoms with van der Waals surface area (Å²) in [4.78, 5) is 35.2. The average molecular weight is 499 g/mol. The molecule has 1 aliphatic rings. The average Bonchev–Trinajstić information content (AvgIpc) is 3.31. The summed E-state index contributed by atoms with van der Waals surface area (Å²) in [6, 6.07) is 18.5. The first kappa shape index (κ1) is 24.9. The van der Waals surface area contributed by atoms with Crippen LogP contribution in [0.4, 0.5) is 0 Å². The minimum Gasteiger partial charge on any atom is -0.343 e. The summed E-state index contributed by atoms with van der Waals surface area (Å²) >= 11 is 0. The van der Waals surface area contributed by atoms with Crippen molar-refractivity contribution in [2.75, 3.05) is 13.1 Å². The van der Waals surface area contributed by atoms with Gasteiger partial charge in [0.2, 0.25) is 5.91 Å². The van der Waals surface area contributed by atoms with Crippen molar-refractivity contribution in [2.45, 2.75) is 64.3 Å². The Labute approximate surface area is 216 Å². The summed E-state index contributed by atoms with van der Waals surface area (Å²) < 4.78 is 1.70. The van der Waals surface area contributed by atoms with E-state index in [-0.39, 0.29) is 28.3 Å². The van der Waals surface area contributed by atoms with E-state index >= 15 is 0 Å². The lowest BCUT2D eigenvalue weighted by atomic mass is 9.87. The number of aryl methyl sites for hydroxylation is 1. The molecule has 4 aromatic rings. The van der Waals surface area contributed by atoms with Gasteiger partial charge in [-0.25, -0.2) is 9.67 Å². The zero-order valence-electron chi connectivity index (χ0n) is 21.8. The summed E-state index contributed by atoms with van der Waals surface area (Å²) in [5, 5.41) is 8.31. The number of aromatic nitrogens is 5. The van der Waals surface area contributed by atoms with Crippen molar-refractivity contribution >= 4 is 17.1 Å². The first-order valence-corrected chi connectivity index (χ1v) is 13.0. The maximum absolute atomic E-state index is 12.8. The SMILES string of the molecule is CC(C)(C)c1ccc(Cn2nnc3c(=O)[nH]c(C4CCN(C(=O)CCc5ccccc5)CC4)nc32)cc1. The van der Waals surface area contributed by atoms with Gasteiger partial charge in [-0.2, -0.15) is 0 Å². The van der Waals surface area contributed by atoms with Crippen molar-refractivity contribution in [3.8, 4) is 0 Å². The molecule has 0 unspecified atom stereocenters. The molecule has 2 aromatic heterocycles. The number of piperidine rings is 1. The Hall–Kier alpha value is -3.81. The number of hydrogen-bond donors (Lipinski definition) is 1. The molecule has 8 nitrogen and oxygen atoms in total. The number of rotatable bonds is 6. The van der Waals surface area contributed by atoms with Gasteiger partial charge in [-0.1, -0.05) is 80.6 Å². The molecule has 3 heterocycles. The Morgan fingerprint density at radius 2 is 1.70 bits per heavy atom. The quantitative estimate of drug-likeness (QED) is 0.430. The van der Waals surface area contributed by atoms with Crippen LogP contribution < -0.4 is 5.56 Å². The topological polar surface area (TPSA) is 96.8 Å². The number of carbonyl (C=O) groups is 1. The van der Waals surface area contributed by atoms with Crippen LogP contribution in [0, 0.1) is 0 Å². The van der Waals surface area contributed by atoms with Gasteiger partial charge in [-0.05, 0) is 41.4 Å². The molecule has 8 heteroatoms. The van der Waals surface area contributed by atoms with Gasteiger partial charge in [0.05, 0.1) is 6.54 Å². The van der Waals surface area contributed by atoms with Gasteiger partial charge in [-0.3, -0.25) is 9.59 Å². The summed E-state index contributed by atoms with van der Waals surface area (Å²) in [6.45, 7) is 8.39. The van der Waals surface area contributed by atoms with E-state index in [9.17, 15) is 9.59 Å². The lowest BCUT2D eigenvalue weighted by Gasteiger charge is -2.31. The highest BCUT2D eigenvalue weighted by atomic mass is 16.2. The zero-order chi connectivity index (χ0) is 26.0. The largest absolute Gasteiger partial charge is 0.343 e. The number of fused-ring (bicyclic) bond motifs is 1. The molecule has 0 saturated carbocycles. The highest BCUT2D eigenvalue weighted by molar-refractivity contribution is 5.76. The minimum atomic E-state index is -0.268. The molecule has 0 aliphatic carbocycles. The fourth-order valence-electron chi connectivity index (χ4n) is 4.92. The van der Waals surface area contributed by atoms with E-state index in [4.69, 9.17) is 4.98 Å². The van der Waals surface area contributed by atoms with Crippen LogP contribution in [0.2, 0.25) is 0 Å². The monoisotopic (exact) mass is 498 g/mol.